The summed E-state index contributed by atoms with van der Waals surface area (Å²) in [7, 11) is 0. The van der Waals surface area contributed by atoms with Gasteiger partial charge in [0.1, 0.15) is 5.54 Å². The number of nitrogens with one attached hydrogen (secondary N) is 1. The summed E-state index contributed by atoms with van der Waals surface area (Å²) in [6.45, 7) is 9.18. The lowest BCUT2D eigenvalue weighted by Gasteiger charge is -2.23. The second kappa shape index (κ2) is 7.06. The molecule has 0 unspecified atom stereocenters. The molecular weight excluding hydrogens is 398 g/mol. The molecule has 0 saturated carbocycles. The quantitative estimate of drug-likeness (QED) is 0.665. The second-order valence-electron chi connectivity index (χ2n) is 6.61. The van der Waals surface area contributed by atoms with Crippen molar-refractivity contribution in [2.75, 3.05) is 5.32 Å². The SMILES string of the molecule is CCn1ncc(Cn2cc(NC(=O)C(C)(C)n3cc(Br)cn3)cn2)c1C. The Labute approximate surface area is 160 Å². The highest BCUT2D eigenvalue weighted by molar-refractivity contribution is 9.10. The summed E-state index contributed by atoms with van der Waals surface area (Å²) in [4.78, 5) is 12.7. The molecule has 0 aliphatic carbocycles. The van der Waals surface area contributed by atoms with Crippen LogP contribution >= 0.6 is 15.9 Å². The van der Waals surface area contributed by atoms with Crippen LogP contribution in [0.5, 0.6) is 0 Å². The molecule has 0 fully saturated rings. The molecule has 3 aromatic heterocycles. The summed E-state index contributed by atoms with van der Waals surface area (Å²) in [6.07, 6.45) is 8.75. The number of hydrogen-bond acceptors (Lipinski definition) is 4. The molecule has 0 bridgehead atoms. The van der Waals surface area contributed by atoms with Gasteiger partial charge in [0.15, 0.2) is 0 Å². The molecule has 0 radical (unpaired) electrons. The molecule has 8 nitrogen and oxygen atoms in total. The van der Waals surface area contributed by atoms with E-state index in [0.29, 0.717) is 12.2 Å². The molecule has 0 aliphatic heterocycles. The van der Waals surface area contributed by atoms with Gasteiger partial charge in [-0.25, -0.2) is 0 Å². The first-order chi connectivity index (χ1) is 12.3. The van der Waals surface area contributed by atoms with E-state index in [1.54, 1.807) is 28.0 Å². The van der Waals surface area contributed by atoms with Gasteiger partial charge >= 0.3 is 0 Å². The molecule has 0 aliphatic rings. The van der Waals surface area contributed by atoms with Gasteiger partial charge in [-0.05, 0) is 43.6 Å². The fourth-order valence-electron chi connectivity index (χ4n) is 2.64. The summed E-state index contributed by atoms with van der Waals surface area (Å²) >= 11 is 3.35. The van der Waals surface area contributed by atoms with Crippen molar-refractivity contribution in [2.24, 2.45) is 0 Å². The molecule has 9 heteroatoms. The molecule has 138 valence electrons. The number of nitrogens with zero attached hydrogens (tertiary/aromatic N) is 6. The molecule has 0 aromatic carbocycles. The van der Waals surface area contributed by atoms with Gasteiger partial charge in [-0.1, -0.05) is 0 Å². The first-order valence-electron chi connectivity index (χ1n) is 8.37. The Morgan fingerprint density at radius 3 is 2.58 bits per heavy atom. The molecular formula is C17H22BrN7O. The van der Waals surface area contributed by atoms with E-state index in [1.807, 2.05) is 37.8 Å². The van der Waals surface area contributed by atoms with Gasteiger partial charge in [-0.2, -0.15) is 15.3 Å². The normalized spacial score (nSPS) is 11.7. The zero-order valence-corrected chi connectivity index (χ0v) is 16.9. The fraction of sp³-hybridized carbons (Fsp3) is 0.412. The molecule has 3 heterocycles. The average Bonchev–Trinajstić information content (AvgIpc) is 3.30. The van der Waals surface area contributed by atoms with Crippen LogP contribution in [0.25, 0.3) is 0 Å². The average molecular weight is 420 g/mol. The molecule has 0 saturated heterocycles. The lowest BCUT2D eigenvalue weighted by Crippen LogP contribution is -2.40. The third-order valence-electron chi connectivity index (χ3n) is 4.41. The summed E-state index contributed by atoms with van der Waals surface area (Å²) in [5.41, 5.74) is 2.05. The van der Waals surface area contributed by atoms with Crippen LogP contribution < -0.4 is 5.32 Å². The van der Waals surface area contributed by atoms with Crippen molar-refractivity contribution in [1.82, 2.24) is 29.3 Å². The third kappa shape index (κ3) is 3.57. The van der Waals surface area contributed by atoms with Gasteiger partial charge in [-0.15, -0.1) is 0 Å². The molecule has 0 spiro atoms. The van der Waals surface area contributed by atoms with Crippen LogP contribution in [-0.2, 0) is 23.4 Å². The number of hydrogen-bond donors (Lipinski definition) is 1. The minimum absolute atomic E-state index is 0.164. The predicted octanol–water partition coefficient (Wildman–Crippen LogP) is 2.79. The number of anilines is 1. The fourth-order valence-corrected chi connectivity index (χ4v) is 2.93. The number of rotatable bonds is 6. The van der Waals surface area contributed by atoms with Crippen molar-refractivity contribution in [3.63, 3.8) is 0 Å². The van der Waals surface area contributed by atoms with E-state index in [2.05, 4.69) is 43.5 Å². The summed E-state index contributed by atoms with van der Waals surface area (Å²) < 4.78 is 6.19. The number of amides is 1. The zero-order valence-electron chi connectivity index (χ0n) is 15.3. The van der Waals surface area contributed by atoms with Gasteiger partial charge in [-0.3, -0.25) is 18.8 Å². The highest BCUT2D eigenvalue weighted by Crippen LogP contribution is 2.20. The van der Waals surface area contributed by atoms with Crippen LogP contribution in [-0.4, -0.2) is 35.2 Å². The summed E-state index contributed by atoms with van der Waals surface area (Å²) in [6, 6.07) is 0. The van der Waals surface area contributed by atoms with Crippen LogP contribution in [0.4, 0.5) is 5.69 Å². The molecule has 3 rings (SSSR count). The topological polar surface area (TPSA) is 82.6 Å². The van der Waals surface area contributed by atoms with Crippen LogP contribution in [0.1, 0.15) is 32.0 Å². The lowest BCUT2D eigenvalue weighted by molar-refractivity contribution is -0.123. The monoisotopic (exact) mass is 419 g/mol. The Kier molecular flexibility index (Phi) is 4.99. The van der Waals surface area contributed by atoms with Crippen molar-refractivity contribution in [1.29, 1.82) is 0 Å². The highest BCUT2D eigenvalue weighted by Gasteiger charge is 2.31. The first kappa shape index (κ1) is 18.4. The number of aromatic nitrogens is 6. The molecule has 0 atom stereocenters. The number of aryl methyl sites for hydroxylation is 1. The van der Waals surface area contributed by atoms with Crippen molar-refractivity contribution in [2.45, 2.75) is 46.3 Å². The van der Waals surface area contributed by atoms with Crippen molar-refractivity contribution in [3.05, 3.63) is 46.7 Å². The van der Waals surface area contributed by atoms with Crippen molar-refractivity contribution in [3.8, 4) is 0 Å². The Bertz CT molecular complexity index is 921. The Hall–Kier alpha value is -2.42. The predicted molar refractivity (Wildman–Crippen MR) is 102 cm³/mol. The molecule has 1 amide bonds. The molecule has 1 N–H and O–H groups in total. The standard InChI is InChI=1S/C17H22BrN7O/c1-5-24-12(2)13(6-20-24)9-23-11-15(8-19-23)22-16(26)17(3,4)25-10-14(18)7-21-25/h6-8,10-11H,5,9H2,1-4H3,(H,22,26). The first-order valence-corrected chi connectivity index (χ1v) is 9.16. The van der Waals surface area contributed by atoms with E-state index >= 15 is 0 Å². The minimum Gasteiger partial charge on any atom is -0.321 e. The largest absolute Gasteiger partial charge is 0.321 e. The molecule has 26 heavy (non-hydrogen) atoms. The van der Waals surface area contributed by atoms with Gasteiger partial charge in [0.05, 0.1) is 35.3 Å². The summed E-state index contributed by atoms with van der Waals surface area (Å²) in [5, 5.41) is 15.8. The van der Waals surface area contributed by atoms with Crippen molar-refractivity contribution < 1.29 is 4.79 Å². The van der Waals surface area contributed by atoms with E-state index in [1.165, 1.54) is 0 Å². The van der Waals surface area contributed by atoms with E-state index in [9.17, 15) is 4.79 Å². The number of halogens is 1. The summed E-state index contributed by atoms with van der Waals surface area (Å²) in [5.74, 6) is -0.164. The maximum absolute atomic E-state index is 12.7. The van der Waals surface area contributed by atoms with Crippen LogP contribution in [0.2, 0.25) is 0 Å². The second-order valence-corrected chi connectivity index (χ2v) is 7.53. The van der Waals surface area contributed by atoms with E-state index in [0.717, 1.165) is 22.3 Å². The van der Waals surface area contributed by atoms with Crippen molar-refractivity contribution >= 4 is 27.5 Å². The maximum atomic E-state index is 12.7. The Morgan fingerprint density at radius 1 is 1.19 bits per heavy atom. The minimum atomic E-state index is -0.826. The van der Waals surface area contributed by atoms with E-state index < -0.39 is 5.54 Å². The van der Waals surface area contributed by atoms with Crippen LogP contribution in [0, 0.1) is 6.92 Å². The Balaban J connectivity index is 1.70. The van der Waals surface area contributed by atoms with E-state index in [-0.39, 0.29) is 5.91 Å². The van der Waals surface area contributed by atoms with Crippen LogP contribution in [0.3, 0.4) is 0 Å². The smallest absolute Gasteiger partial charge is 0.251 e. The number of carbonyl (C=O) groups excluding carboxylic acids is 1. The maximum Gasteiger partial charge on any atom is 0.251 e. The van der Waals surface area contributed by atoms with Gasteiger partial charge in [0.25, 0.3) is 5.91 Å². The van der Waals surface area contributed by atoms with Gasteiger partial charge < -0.3 is 5.32 Å². The van der Waals surface area contributed by atoms with Crippen LogP contribution in [0.15, 0.2) is 35.5 Å². The highest BCUT2D eigenvalue weighted by atomic mass is 79.9. The molecule has 3 aromatic rings. The zero-order chi connectivity index (χ0) is 18.9. The number of carbonyl (C=O) groups is 1. The van der Waals surface area contributed by atoms with E-state index in [4.69, 9.17) is 0 Å². The lowest BCUT2D eigenvalue weighted by atomic mass is 10.1. The van der Waals surface area contributed by atoms with Gasteiger partial charge in [0.2, 0.25) is 0 Å². The Morgan fingerprint density at radius 2 is 1.96 bits per heavy atom. The van der Waals surface area contributed by atoms with Gasteiger partial charge in [0, 0.05) is 30.2 Å². The third-order valence-corrected chi connectivity index (χ3v) is 4.82.